The molecule has 0 bridgehead atoms. The third-order valence-electron chi connectivity index (χ3n) is 1.95. The van der Waals surface area contributed by atoms with E-state index in [1.807, 2.05) is 0 Å². The average Bonchev–Trinajstić information content (AvgIpc) is 1.77. The van der Waals surface area contributed by atoms with Crippen molar-refractivity contribution >= 4 is 0 Å². The Kier molecular flexibility index (Phi) is 1.89. The maximum atomic E-state index is 8.23. The minimum absolute atomic E-state index is 0.879. The fourth-order valence-electron chi connectivity index (χ4n) is 1.18. The molecule has 0 unspecified atom stereocenters. The van der Waals surface area contributed by atoms with Crippen molar-refractivity contribution in [2.24, 2.45) is 5.92 Å². The molecule has 0 saturated heterocycles. The highest BCUT2D eigenvalue weighted by atomic mass is 14.3. The van der Waals surface area contributed by atoms with Gasteiger partial charge in [0, 0.05) is 6.08 Å². The van der Waals surface area contributed by atoms with Gasteiger partial charge in [0.25, 0.3) is 0 Å². The molecule has 1 aliphatic rings. The molecule has 9 heavy (non-hydrogen) atoms. The molecule has 48 valence electrons. The molecular formula is C8H11N. The van der Waals surface area contributed by atoms with Crippen molar-refractivity contribution in [2.45, 2.75) is 26.2 Å². The highest BCUT2D eigenvalue weighted by Crippen LogP contribution is 2.34. The van der Waals surface area contributed by atoms with Gasteiger partial charge in [-0.25, -0.2) is 0 Å². The highest BCUT2D eigenvalue weighted by Gasteiger charge is 2.20. The SMILES string of the molecule is CCC1CC(=CC#N)C1. The molecule has 1 heteroatoms. The number of nitrogens with zero attached hydrogens (tertiary/aromatic N) is 1. The molecule has 0 amide bonds. The Morgan fingerprint density at radius 1 is 1.78 bits per heavy atom. The van der Waals surface area contributed by atoms with Crippen LogP contribution in [0.2, 0.25) is 0 Å². The molecule has 0 atom stereocenters. The molecule has 0 aromatic heterocycles. The zero-order valence-electron chi connectivity index (χ0n) is 5.72. The number of hydrogen-bond donors (Lipinski definition) is 0. The van der Waals surface area contributed by atoms with E-state index in [1.54, 1.807) is 6.08 Å². The first-order valence-corrected chi connectivity index (χ1v) is 3.44. The molecule has 1 fully saturated rings. The zero-order chi connectivity index (χ0) is 6.69. The van der Waals surface area contributed by atoms with Gasteiger partial charge in [-0.3, -0.25) is 0 Å². The van der Waals surface area contributed by atoms with Gasteiger partial charge in [0.05, 0.1) is 6.07 Å². The Balaban J connectivity index is 2.28. The third-order valence-corrected chi connectivity index (χ3v) is 1.95. The maximum absolute atomic E-state index is 8.23. The van der Waals surface area contributed by atoms with Crippen LogP contribution in [0, 0.1) is 17.2 Å². The molecular weight excluding hydrogens is 110 g/mol. The summed E-state index contributed by atoms with van der Waals surface area (Å²) >= 11 is 0. The van der Waals surface area contributed by atoms with E-state index >= 15 is 0 Å². The Hall–Kier alpha value is -0.770. The Morgan fingerprint density at radius 2 is 2.44 bits per heavy atom. The maximum Gasteiger partial charge on any atom is 0.0911 e. The summed E-state index contributed by atoms with van der Waals surface area (Å²) in [5.41, 5.74) is 1.34. The molecule has 0 heterocycles. The number of nitriles is 1. The van der Waals surface area contributed by atoms with Gasteiger partial charge in [-0.1, -0.05) is 18.9 Å². The van der Waals surface area contributed by atoms with Crippen LogP contribution in [0.3, 0.4) is 0 Å². The second kappa shape index (κ2) is 2.68. The molecule has 1 nitrogen and oxygen atoms in total. The van der Waals surface area contributed by atoms with Crippen LogP contribution in [0.1, 0.15) is 26.2 Å². The fourth-order valence-corrected chi connectivity index (χ4v) is 1.18. The van der Waals surface area contributed by atoms with E-state index in [0.717, 1.165) is 5.92 Å². The summed E-state index contributed by atoms with van der Waals surface area (Å²) in [7, 11) is 0. The second-order valence-corrected chi connectivity index (χ2v) is 2.61. The largest absolute Gasteiger partial charge is 0.193 e. The predicted octanol–water partition coefficient (Wildman–Crippen LogP) is 2.26. The van der Waals surface area contributed by atoms with Crippen molar-refractivity contribution in [2.75, 3.05) is 0 Å². The first kappa shape index (κ1) is 6.35. The molecule has 0 aromatic rings. The molecule has 0 spiro atoms. The second-order valence-electron chi connectivity index (χ2n) is 2.61. The molecule has 1 rings (SSSR count). The quantitative estimate of drug-likeness (QED) is 0.488. The van der Waals surface area contributed by atoms with Gasteiger partial charge in [-0.15, -0.1) is 0 Å². The molecule has 1 aliphatic carbocycles. The summed E-state index contributed by atoms with van der Waals surface area (Å²) in [4.78, 5) is 0. The summed E-state index contributed by atoms with van der Waals surface area (Å²) in [6.07, 6.45) is 5.29. The lowest BCUT2D eigenvalue weighted by Gasteiger charge is -2.26. The van der Waals surface area contributed by atoms with Gasteiger partial charge in [0.15, 0.2) is 0 Å². The van der Waals surface area contributed by atoms with Crippen molar-refractivity contribution in [1.82, 2.24) is 0 Å². The number of allylic oxidation sites excluding steroid dienone is 2. The molecule has 0 N–H and O–H groups in total. The van der Waals surface area contributed by atoms with Crippen LogP contribution in [-0.4, -0.2) is 0 Å². The van der Waals surface area contributed by atoms with Crippen LogP contribution >= 0.6 is 0 Å². The minimum atomic E-state index is 0.879. The summed E-state index contributed by atoms with van der Waals surface area (Å²) in [5, 5.41) is 8.23. The Bertz CT molecular complexity index is 154. The fraction of sp³-hybridized carbons (Fsp3) is 0.625. The molecule has 0 radical (unpaired) electrons. The average molecular weight is 121 g/mol. The van der Waals surface area contributed by atoms with Gasteiger partial charge in [-0.2, -0.15) is 5.26 Å². The monoisotopic (exact) mass is 121 g/mol. The van der Waals surface area contributed by atoms with E-state index in [2.05, 4.69) is 13.0 Å². The zero-order valence-corrected chi connectivity index (χ0v) is 5.72. The smallest absolute Gasteiger partial charge is 0.0911 e. The van der Waals surface area contributed by atoms with Crippen LogP contribution in [0.25, 0.3) is 0 Å². The van der Waals surface area contributed by atoms with E-state index in [9.17, 15) is 0 Å². The highest BCUT2D eigenvalue weighted by molar-refractivity contribution is 5.20. The number of rotatable bonds is 1. The van der Waals surface area contributed by atoms with Crippen LogP contribution in [0.4, 0.5) is 0 Å². The van der Waals surface area contributed by atoms with Crippen molar-refractivity contribution < 1.29 is 0 Å². The normalized spacial score (nSPS) is 24.4. The van der Waals surface area contributed by atoms with Crippen molar-refractivity contribution in [3.05, 3.63) is 11.6 Å². The lowest BCUT2D eigenvalue weighted by molar-refractivity contribution is 0.406. The van der Waals surface area contributed by atoms with E-state index in [0.29, 0.717) is 0 Å². The van der Waals surface area contributed by atoms with Crippen molar-refractivity contribution in [1.29, 1.82) is 5.26 Å². The van der Waals surface area contributed by atoms with Gasteiger partial charge >= 0.3 is 0 Å². The van der Waals surface area contributed by atoms with E-state index in [4.69, 9.17) is 5.26 Å². The van der Waals surface area contributed by atoms with E-state index in [-0.39, 0.29) is 0 Å². The van der Waals surface area contributed by atoms with Crippen molar-refractivity contribution in [3.8, 4) is 6.07 Å². The third kappa shape index (κ3) is 1.32. The van der Waals surface area contributed by atoms with Crippen LogP contribution in [0.15, 0.2) is 11.6 Å². The van der Waals surface area contributed by atoms with Gasteiger partial charge in [0.2, 0.25) is 0 Å². The van der Waals surface area contributed by atoms with E-state index in [1.165, 1.54) is 24.8 Å². The summed E-state index contributed by atoms with van der Waals surface area (Å²) < 4.78 is 0. The standard InChI is InChI=1S/C8H11N/c1-2-7-5-8(6-7)3-4-9/h3,7H,2,5-6H2,1H3. The first-order valence-electron chi connectivity index (χ1n) is 3.44. The lowest BCUT2D eigenvalue weighted by atomic mass is 9.78. The summed E-state index contributed by atoms with van der Waals surface area (Å²) in [6, 6.07) is 2.05. The van der Waals surface area contributed by atoms with Gasteiger partial charge in [0.1, 0.15) is 0 Å². The van der Waals surface area contributed by atoms with Crippen molar-refractivity contribution in [3.63, 3.8) is 0 Å². The summed E-state index contributed by atoms with van der Waals surface area (Å²) in [6.45, 7) is 2.20. The van der Waals surface area contributed by atoms with Crippen LogP contribution in [-0.2, 0) is 0 Å². The Labute approximate surface area is 56.0 Å². The molecule has 0 aliphatic heterocycles. The minimum Gasteiger partial charge on any atom is -0.193 e. The van der Waals surface area contributed by atoms with Gasteiger partial charge < -0.3 is 0 Å². The number of hydrogen-bond acceptors (Lipinski definition) is 1. The molecule has 0 aromatic carbocycles. The van der Waals surface area contributed by atoms with Crippen LogP contribution < -0.4 is 0 Å². The molecule has 1 saturated carbocycles. The lowest BCUT2D eigenvalue weighted by Crippen LogP contribution is -2.12. The Morgan fingerprint density at radius 3 is 2.89 bits per heavy atom. The van der Waals surface area contributed by atoms with E-state index < -0.39 is 0 Å². The summed E-state index contributed by atoms with van der Waals surface area (Å²) in [5.74, 6) is 0.879. The first-order chi connectivity index (χ1) is 4.36. The topological polar surface area (TPSA) is 23.8 Å². The predicted molar refractivity (Wildman–Crippen MR) is 36.7 cm³/mol. The van der Waals surface area contributed by atoms with Gasteiger partial charge in [-0.05, 0) is 18.8 Å². The van der Waals surface area contributed by atoms with Crippen LogP contribution in [0.5, 0.6) is 0 Å².